The summed E-state index contributed by atoms with van der Waals surface area (Å²) in [5.74, 6) is -0.333. The second kappa shape index (κ2) is 6.33. The number of esters is 1. The summed E-state index contributed by atoms with van der Waals surface area (Å²) in [5.41, 5.74) is 2.40. The van der Waals surface area contributed by atoms with Crippen LogP contribution < -0.4 is 5.32 Å². The van der Waals surface area contributed by atoms with Gasteiger partial charge in [-0.15, -0.1) is 0 Å². The zero-order valence-electron chi connectivity index (χ0n) is 10.4. The molecule has 0 bridgehead atoms. The zero-order valence-corrected chi connectivity index (χ0v) is 12.0. The minimum absolute atomic E-state index is 0.333. The fourth-order valence-corrected chi connectivity index (χ4v) is 1.96. The van der Waals surface area contributed by atoms with Gasteiger partial charge in [0, 0.05) is 5.69 Å². The lowest BCUT2D eigenvalue weighted by Crippen LogP contribution is -2.03. The second-order valence-corrected chi connectivity index (χ2v) is 4.69. The Morgan fingerprint density at radius 1 is 1.26 bits per heavy atom. The van der Waals surface area contributed by atoms with E-state index in [0.717, 1.165) is 16.0 Å². The van der Waals surface area contributed by atoms with E-state index in [1.807, 2.05) is 30.3 Å². The number of ether oxygens (including phenoxy) is 1. The molecular weight excluding hydrogens is 308 g/mol. The highest BCUT2D eigenvalue weighted by molar-refractivity contribution is 9.10. The molecule has 0 saturated heterocycles. The molecule has 0 amide bonds. The summed E-state index contributed by atoms with van der Waals surface area (Å²) in [5, 5.41) is 3.24. The highest BCUT2D eigenvalue weighted by Gasteiger charge is 2.04. The van der Waals surface area contributed by atoms with E-state index in [9.17, 15) is 4.79 Å². The first-order valence-corrected chi connectivity index (χ1v) is 6.52. The van der Waals surface area contributed by atoms with E-state index in [0.29, 0.717) is 12.1 Å². The number of carbonyl (C=O) groups is 1. The molecule has 0 aliphatic carbocycles. The van der Waals surface area contributed by atoms with Gasteiger partial charge in [0.1, 0.15) is 4.60 Å². The summed E-state index contributed by atoms with van der Waals surface area (Å²) < 4.78 is 5.46. The fourth-order valence-electron chi connectivity index (χ4n) is 1.58. The average molecular weight is 321 g/mol. The van der Waals surface area contributed by atoms with E-state index in [4.69, 9.17) is 0 Å². The minimum Gasteiger partial charge on any atom is -0.465 e. The quantitative estimate of drug-likeness (QED) is 0.694. The molecule has 5 heteroatoms. The van der Waals surface area contributed by atoms with Crippen LogP contribution >= 0.6 is 15.9 Å². The van der Waals surface area contributed by atoms with Crippen LogP contribution in [0.3, 0.4) is 0 Å². The van der Waals surface area contributed by atoms with Gasteiger partial charge in [0.05, 0.1) is 24.9 Å². The number of benzene rings is 1. The van der Waals surface area contributed by atoms with Crippen molar-refractivity contribution in [1.29, 1.82) is 0 Å². The number of methoxy groups -OCH3 is 1. The van der Waals surface area contributed by atoms with Gasteiger partial charge in [-0.05, 0) is 52.3 Å². The van der Waals surface area contributed by atoms with E-state index in [-0.39, 0.29) is 5.97 Å². The molecule has 0 spiro atoms. The van der Waals surface area contributed by atoms with Gasteiger partial charge in [-0.3, -0.25) is 0 Å². The number of rotatable bonds is 4. The maximum atomic E-state index is 11.3. The first kappa shape index (κ1) is 13.5. The average Bonchev–Trinajstić information content (AvgIpc) is 2.45. The van der Waals surface area contributed by atoms with Crippen molar-refractivity contribution in [3.63, 3.8) is 0 Å². The third-order valence-electron chi connectivity index (χ3n) is 2.55. The van der Waals surface area contributed by atoms with Crippen molar-refractivity contribution in [3.8, 4) is 0 Å². The van der Waals surface area contributed by atoms with Gasteiger partial charge in [0.25, 0.3) is 0 Å². The van der Waals surface area contributed by atoms with Gasteiger partial charge in [0.15, 0.2) is 0 Å². The van der Waals surface area contributed by atoms with Crippen molar-refractivity contribution >= 4 is 27.6 Å². The van der Waals surface area contributed by atoms with Gasteiger partial charge >= 0.3 is 5.97 Å². The summed E-state index contributed by atoms with van der Waals surface area (Å²) in [7, 11) is 1.37. The third kappa shape index (κ3) is 3.79. The Morgan fingerprint density at radius 3 is 2.63 bits per heavy atom. The molecule has 1 aromatic carbocycles. The third-order valence-corrected chi connectivity index (χ3v) is 2.99. The van der Waals surface area contributed by atoms with Gasteiger partial charge in [-0.1, -0.05) is 6.07 Å². The van der Waals surface area contributed by atoms with Crippen LogP contribution in [0, 0.1) is 0 Å². The Kier molecular flexibility index (Phi) is 4.52. The van der Waals surface area contributed by atoms with Crippen molar-refractivity contribution in [2.45, 2.75) is 6.54 Å². The van der Waals surface area contributed by atoms with E-state index in [1.54, 1.807) is 12.1 Å². The van der Waals surface area contributed by atoms with Gasteiger partial charge in [-0.2, -0.15) is 0 Å². The van der Waals surface area contributed by atoms with Crippen LogP contribution in [0.2, 0.25) is 0 Å². The number of hydrogen-bond donors (Lipinski definition) is 1. The van der Waals surface area contributed by atoms with Crippen LogP contribution in [0.15, 0.2) is 47.1 Å². The van der Waals surface area contributed by atoms with Crippen LogP contribution in [0.5, 0.6) is 0 Å². The molecular formula is C14H13BrN2O2. The zero-order chi connectivity index (χ0) is 13.7. The molecule has 4 nitrogen and oxygen atoms in total. The minimum atomic E-state index is -0.333. The molecule has 98 valence electrons. The number of halogens is 1. The van der Waals surface area contributed by atoms with Crippen molar-refractivity contribution in [2.24, 2.45) is 0 Å². The molecule has 0 radical (unpaired) electrons. The first-order valence-electron chi connectivity index (χ1n) is 5.73. The van der Waals surface area contributed by atoms with Gasteiger partial charge in [0.2, 0.25) is 0 Å². The van der Waals surface area contributed by atoms with Gasteiger partial charge in [-0.25, -0.2) is 9.78 Å². The van der Waals surface area contributed by atoms with Crippen molar-refractivity contribution in [3.05, 3.63) is 58.3 Å². The number of nitrogens with zero attached hydrogens (tertiary/aromatic N) is 1. The van der Waals surface area contributed by atoms with Crippen LogP contribution in [-0.2, 0) is 11.3 Å². The number of anilines is 1. The number of hydrogen-bond acceptors (Lipinski definition) is 4. The van der Waals surface area contributed by atoms with Gasteiger partial charge < -0.3 is 10.1 Å². The normalized spacial score (nSPS) is 10.0. The molecule has 0 saturated carbocycles. The Balaban J connectivity index is 1.98. The lowest BCUT2D eigenvalue weighted by atomic mass is 10.2. The molecule has 0 unspecified atom stereocenters. The molecule has 0 atom stereocenters. The SMILES string of the molecule is COC(=O)c1ccc(NCc2cccc(Br)n2)cc1. The topological polar surface area (TPSA) is 51.2 Å². The molecule has 0 fully saturated rings. The van der Waals surface area contributed by atoms with E-state index >= 15 is 0 Å². The van der Waals surface area contributed by atoms with Crippen LogP contribution in [0.1, 0.15) is 16.1 Å². The molecule has 0 aliphatic rings. The highest BCUT2D eigenvalue weighted by atomic mass is 79.9. The molecule has 1 aromatic heterocycles. The second-order valence-electron chi connectivity index (χ2n) is 3.87. The Labute approximate surface area is 119 Å². The predicted octanol–water partition coefficient (Wildman–Crippen LogP) is 3.24. The van der Waals surface area contributed by atoms with Crippen molar-refractivity contribution in [1.82, 2.24) is 4.98 Å². The largest absolute Gasteiger partial charge is 0.465 e. The van der Waals surface area contributed by atoms with E-state index < -0.39 is 0 Å². The van der Waals surface area contributed by atoms with E-state index in [1.165, 1.54) is 7.11 Å². The highest BCUT2D eigenvalue weighted by Crippen LogP contribution is 2.12. The Bertz CT molecular complexity index is 570. The standard InChI is InChI=1S/C14H13BrN2O2/c1-19-14(18)10-5-7-11(8-6-10)16-9-12-3-2-4-13(15)17-12/h2-8,16H,9H2,1H3. The maximum Gasteiger partial charge on any atom is 0.337 e. The molecule has 1 N–H and O–H groups in total. The summed E-state index contributed by atoms with van der Waals surface area (Å²) >= 11 is 3.33. The predicted molar refractivity (Wildman–Crippen MR) is 77.0 cm³/mol. The molecule has 19 heavy (non-hydrogen) atoms. The first-order chi connectivity index (χ1) is 9.19. The fraction of sp³-hybridized carbons (Fsp3) is 0.143. The number of pyridine rings is 1. The number of nitrogens with one attached hydrogen (secondary N) is 1. The summed E-state index contributed by atoms with van der Waals surface area (Å²) in [4.78, 5) is 15.6. The monoisotopic (exact) mass is 320 g/mol. The summed E-state index contributed by atoms with van der Waals surface area (Å²) in [6, 6.07) is 12.9. The van der Waals surface area contributed by atoms with E-state index in [2.05, 4.69) is 31.0 Å². The molecule has 2 aromatic rings. The Hall–Kier alpha value is -1.88. The molecule has 2 rings (SSSR count). The number of aromatic nitrogens is 1. The molecule has 0 aliphatic heterocycles. The summed E-state index contributed by atoms with van der Waals surface area (Å²) in [6.45, 7) is 0.622. The Morgan fingerprint density at radius 2 is 2.00 bits per heavy atom. The van der Waals surface area contributed by atoms with Crippen molar-refractivity contribution in [2.75, 3.05) is 12.4 Å². The smallest absolute Gasteiger partial charge is 0.337 e. The summed E-state index contributed by atoms with van der Waals surface area (Å²) in [6.07, 6.45) is 0. The van der Waals surface area contributed by atoms with Crippen LogP contribution in [-0.4, -0.2) is 18.1 Å². The maximum absolute atomic E-state index is 11.3. The van der Waals surface area contributed by atoms with Crippen molar-refractivity contribution < 1.29 is 9.53 Å². The lowest BCUT2D eigenvalue weighted by molar-refractivity contribution is 0.0601. The lowest BCUT2D eigenvalue weighted by Gasteiger charge is -2.07. The number of carbonyl (C=O) groups excluding carboxylic acids is 1. The van der Waals surface area contributed by atoms with Crippen LogP contribution in [0.25, 0.3) is 0 Å². The van der Waals surface area contributed by atoms with Crippen LogP contribution in [0.4, 0.5) is 5.69 Å². The molecule has 1 heterocycles.